The van der Waals surface area contributed by atoms with E-state index >= 15 is 0 Å². The van der Waals surface area contributed by atoms with Crippen molar-refractivity contribution in [3.8, 4) is 5.75 Å². The maximum Gasteiger partial charge on any atom is 0.121 e. The Labute approximate surface area is 101 Å². The first kappa shape index (κ1) is 11.7. The average molecular weight is 241 g/mol. The Morgan fingerprint density at radius 3 is 3.06 bits per heavy atom. The highest BCUT2D eigenvalue weighted by molar-refractivity contribution is 6.31. The topological polar surface area (TPSA) is 35.5 Å². The minimum Gasteiger partial charge on any atom is -0.508 e. The summed E-state index contributed by atoms with van der Waals surface area (Å²) in [5.74, 6) is 0.290. The van der Waals surface area contributed by atoms with Crippen molar-refractivity contribution >= 4 is 11.6 Å². The van der Waals surface area contributed by atoms with E-state index in [4.69, 9.17) is 11.6 Å². The Morgan fingerprint density at radius 2 is 2.38 bits per heavy atom. The van der Waals surface area contributed by atoms with Crippen LogP contribution in [0.15, 0.2) is 18.2 Å². The molecule has 2 rings (SSSR count). The van der Waals surface area contributed by atoms with E-state index in [0.717, 1.165) is 31.7 Å². The third-order valence-electron chi connectivity index (χ3n) is 2.93. The van der Waals surface area contributed by atoms with Crippen LogP contribution < -0.4 is 5.32 Å². The first-order valence-corrected chi connectivity index (χ1v) is 5.96. The standard InChI is InChI=1S/C12H17ClN2O/c1-9-7-15(6-5-14-9)8-10-11(13)3-2-4-12(10)16/h2-4,9,14,16H,5-8H2,1H3/t9-/m1/s1. The molecule has 3 nitrogen and oxygen atoms in total. The van der Waals surface area contributed by atoms with E-state index in [0.29, 0.717) is 16.8 Å². The summed E-state index contributed by atoms with van der Waals surface area (Å²) in [6.45, 7) is 5.86. The predicted molar refractivity (Wildman–Crippen MR) is 65.9 cm³/mol. The SMILES string of the molecule is C[C@@H]1CN(Cc2c(O)cccc2Cl)CCN1. The van der Waals surface area contributed by atoms with Gasteiger partial charge in [0.05, 0.1) is 0 Å². The van der Waals surface area contributed by atoms with Gasteiger partial charge in [-0.2, -0.15) is 0 Å². The van der Waals surface area contributed by atoms with Gasteiger partial charge in [0.15, 0.2) is 0 Å². The van der Waals surface area contributed by atoms with Gasteiger partial charge < -0.3 is 10.4 Å². The molecule has 88 valence electrons. The van der Waals surface area contributed by atoms with Gasteiger partial charge in [-0.1, -0.05) is 17.7 Å². The van der Waals surface area contributed by atoms with Crippen molar-refractivity contribution in [2.24, 2.45) is 0 Å². The highest BCUT2D eigenvalue weighted by Crippen LogP contribution is 2.26. The van der Waals surface area contributed by atoms with Crippen molar-refractivity contribution in [1.82, 2.24) is 10.2 Å². The van der Waals surface area contributed by atoms with Crippen LogP contribution in [0.1, 0.15) is 12.5 Å². The molecule has 0 aliphatic carbocycles. The van der Waals surface area contributed by atoms with Gasteiger partial charge in [0.1, 0.15) is 5.75 Å². The van der Waals surface area contributed by atoms with Crippen molar-refractivity contribution in [3.05, 3.63) is 28.8 Å². The molecule has 0 radical (unpaired) electrons. The second-order valence-corrected chi connectivity index (χ2v) is 4.74. The third kappa shape index (κ3) is 2.67. The summed E-state index contributed by atoms with van der Waals surface area (Å²) in [4.78, 5) is 2.31. The minimum absolute atomic E-state index is 0.290. The maximum absolute atomic E-state index is 9.76. The van der Waals surface area contributed by atoms with Crippen LogP contribution in [0, 0.1) is 0 Å². The zero-order valence-corrected chi connectivity index (χ0v) is 10.2. The molecule has 0 unspecified atom stereocenters. The summed E-state index contributed by atoms with van der Waals surface area (Å²) < 4.78 is 0. The molecular weight excluding hydrogens is 224 g/mol. The van der Waals surface area contributed by atoms with E-state index in [1.165, 1.54) is 0 Å². The fourth-order valence-electron chi connectivity index (χ4n) is 2.08. The van der Waals surface area contributed by atoms with E-state index < -0.39 is 0 Å². The van der Waals surface area contributed by atoms with Gasteiger partial charge in [-0.25, -0.2) is 0 Å². The minimum atomic E-state index is 0.290. The summed E-state index contributed by atoms with van der Waals surface area (Å²) in [7, 11) is 0. The lowest BCUT2D eigenvalue weighted by molar-refractivity contribution is 0.198. The summed E-state index contributed by atoms with van der Waals surface area (Å²) in [5, 5.41) is 13.8. The van der Waals surface area contributed by atoms with Crippen LogP contribution in [0.25, 0.3) is 0 Å². The highest BCUT2D eigenvalue weighted by Gasteiger charge is 2.17. The molecule has 1 saturated heterocycles. The summed E-state index contributed by atoms with van der Waals surface area (Å²) in [5.41, 5.74) is 0.832. The van der Waals surface area contributed by atoms with E-state index in [1.807, 2.05) is 6.07 Å². The van der Waals surface area contributed by atoms with Crippen LogP contribution >= 0.6 is 11.6 Å². The van der Waals surface area contributed by atoms with Crippen LogP contribution in [0.3, 0.4) is 0 Å². The number of hydrogen-bond donors (Lipinski definition) is 2. The second kappa shape index (κ2) is 5.04. The average Bonchev–Trinajstić information content (AvgIpc) is 2.24. The number of rotatable bonds is 2. The molecule has 1 heterocycles. The summed E-state index contributed by atoms with van der Waals surface area (Å²) in [6, 6.07) is 5.77. The number of hydrogen-bond acceptors (Lipinski definition) is 3. The van der Waals surface area contributed by atoms with Crippen molar-refractivity contribution < 1.29 is 5.11 Å². The second-order valence-electron chi connectivity index (χ2n) is 4.33. The number of phenols is 1. The molecule has 1 aromatic carbocycles. The van der Waals surface area contributed by atoms with E-state index in [9.17, 15) is 5.11 Å². The smallest absolute Gasteiger partial charge is 0.121 e. The number of piperazine rings is 1. The molecule has 0 amide bonds. The Kier molecular flexibility index (Phi) is 3.69. The molecule has 1 aliphatic heterocycles. The van der Waals surface area contributed by atoms with Crippen LogP contribution in [0.5, 0.6) is 5.75 Å². The van der Waals surface area contributed by atoms with Crippen molar-refractivity contribution in [1.29, 1.82) is 0 Å². The molecule has 0 spiro atoms. The molecular formula is C12H17ClN2O. The number of phenolic OH excluding ortho intramolecular Hbond substituents is 1. The van der Waals surface area contributed by atoms with Gasteiger partial charge >= 0.3 is 0 Å². The quantitative estimate of drug-likeness (QED) is 0.828. The Balaban J connectivity index is 2.08. The van der Waals surface area contributed by atoms with Gasteiger partial charge in [0.25, 0.3) is 0 Å². The molecule has 1 aliphatic rings. The van der Waals surface area contributed by atoms with Crippen LogP contribution in [-0.2, 0) is 6.54 Å². The first-order chi connectivity index (χ1) is 7.66. The molecule has 1 aromatic rings. The number of nitrogens with one attached hydrogen (secondary N) is 1. The number of halogens is 1. The molecule has 1 atom stereocenters. The Bertz CT molecular complexity index is 350. The van der Waals surface area contributed by atoms with E-state index in [-0.39, 0.29) is 0 Å². The van der Waals surface area contributed by atoms with Gasteiger partial charge in [-0.3, -0.25) is 4.90 Å². The maximum atomic E-state index is 9.76. The molecule has 0 bridgehead atoms. The van der Waals surface area contributed by atoms with E-state index in [1.54, 1.807) is 12.1 Å². The van der Waals surface area contributed by atoms with Gasteiger partial charge in [0, 0.05) is 42.8 Å². The van der Waals surface area contributed by atoms with Gasteiger partial charge in [-0.15, -0.1) is 0 Å². The van der Waals surface area contributed by atoms with Crippen LogP contribution in [-0.4, -0.2) is 35.7 Å². The van der Waals surface area contributed by atoms with Crippen molar-refractivity contribution in [3.63, 3.8) is 0 Å². The zero-order valence-electron chi connectivity index (χ0n) is 9.41. The van der Waals surface area contributed by atoms with Gasteiger partial charge in [-0.05, 0) is 19.1 Å². The monoisotopic (exact) mass is 240 g/mol. The molecule has 2 N–H and O–H groups in total. The largest absolute Gasteiger partial charge is 0.508 e. The highest BCUT2D eigenvalue weighted by atomic mass is 35.5. The normalized spacial score (nSPS) is 22.2. The van der Waals surface area contributed by atoms with Crippen LogP contribution in [0.4, 0.5) is 0 Å². The lowest BCUT2D eigenvalue weighted by atomic mass is 10.1. The van der Waals surface area contributed by atoms with Gasteiger partial charge in [0.2, 0.25) is 0 Å². The fraction of sp³-hybridized carbons (Fsp3) is 0.500. The molecule has 0 saturated carbocycles. The summed E-state index contributed by atoms with van der Waals surface area (Å²) in [6.07, 6.45) is 0. The zero-order chi connectivity index (χ0) is 11.5. The van der Waals surface area contributed by atoms with Crippen molar-refractivity contribution in [2.45, 2.75) is 19.5 Å². The molecule has 16 heavy (non-hydrogen) atoms. The predicted octanol–water partition coefficient (Wildman–Crippen LogP) is 1.84. The Hall–Kier alpha value is -0.770. The van der Waals surface area contributed by atoms with Crippen molar-refractivity contribution in [2.75, 3.05) is 19.6 Å². The molecule has 4 heteroatoms. The van der Waals surface area contributed by atoms with E-state index in [2.05, 4.69) is 17.1 Å². The summed E-state index contributed by atoms with van der Waals surface area (Å²) >= 11 is 6.08. The lowest BCUT2D eigenvalue weighted by Gasteiger charge is -2.32. The molecule has 0 aromatic heterocycles. The Morgan fingerprint density at radius 1 is 1.56 bits per heavy atom. The van der Waals surface area contributed by atoms with Crippen LogP contribution in [0.2, 0.25) is 5.02 Å². The number of aromatic hydroxyl groups is 1. The third-order valence-corrected chi connectivity index (χ3v) is 3.28. The number of benzene rings is 1. The first-order valence-electron chi connectivity index (χ1n) is 5.59. The lowest BCUT2D eigenvalue weighted by Crippen LogP contribution is -2.48. The number of nitrogens with zero attached hydrogens (tertiary/aromatic N) is 1. The molecule has 1 fully saturated rings. The fourth-order valence-corrected chi connectivity index (χ4v) is 2.31.